The van der Waals surface area contributed by atoms with Gasteiger partial charge in [-0.1, -0.05) is 194 Å². The van der Waals surface area contributed by atoms with Gasteiger partial charge in [0.25, 0.3) is 0 Å². The summed E-state index contributed by atoms with van der Waals surface area (Å²) in [6.07, 6.45) is 1.97. The molecule has 0 N–H and O–H groups in total. The van der Waals surface area contributed by atoms with E-state index in [0.717, 1.165) is 12.8 Å². The second kappa shape index (κ2) is 11.8. The summed E-state index contributed by atoms with van der Waals surface area (Å²) in [7, 11) is 0. The van der Waals surface area contributed by atoms with E-state index >= 15 is 0 Å². The van der Waals surface area contributed by atoms with Crippen LogP contribution in [0.5, 0.6) is 0 Å². The van der Waals surface area contributed by atoms with E-state index in [-0.39, 0.29) is 22.7 Å². The fraction of sp³-hybridized carbons (Fsp3) is 0.100. The molecule has 60 heavy (non-hydrogen) atoms. The summed E-state index contributed by atoms with van der Waals surface area (Å²) in [5.74, 6) is 0.283. The zero-order valence-electron chi connectivity index (χ0n) is 33.2. The lowest BCUT2D eigenvalue weighted by Gasteiger charge is -2.37. The Kier molecular flexibility index (Phi) is 6.47. The van der Waals surface area contributed by atoms with Crippen molar-refractivity contribution in [2.75, 3.05) is 0 Å². The van der Waals surface area contributed by atoms with Crippen molar-refractivity contribution in [1.29, 1.82) is 0 Å². The molecule has 0 bridgehead atoms. The first-order valence-electron chi connectivity index (χ1n) is 21.7. The van der Waals surface area contributed by atoms with Gasteiger partial charge in [0, 0.05) is 22.7 Å². The maximum atomic E-state index is 2.63. The molecule has 0 nitrogen and oxygen atoms in total. The van der Waals surface area contributed by atoms with Gasteiger partial charge >= 0.3 is 0 Å². The summed E-state index contributed by atoms with van der Waals surface area (Å²) in [4.78, 5) is 0. The molecule has 280 valence electrons. The van der Waals surface area contributed by atoms with E-state index in [1.165, 1.54) is 110 Å². The maximum absolute atomic E-state index is 2.63. The third-order valence-electron chi connectivity index (χ3n) is 15.4. The van der Waals surface area contributed by atoms with Crippen molar-refractivity contribution < 1.29 is 0 Å². The van der Waals surface area contributed by atoms with Gasteiger partial charge in [-0.15, -0.1) is 0 Å². The summed E-state index contributed by atoms with van der Waals surface area (Å²) >= 11 is 0. The van der Waals surface area contributed by atoms with E-state index in [1.54, 1.807) is 0 Å². The SMILES string of the molecule is c1ccc2c(c1)CC1(c3ccccc3-c3ccccc31)C2c1cc2c3ccccc3c(C3c4ccccc4CC34c3ccccc3-c3ccccc34)cc2c2ccccc12. The minimum absolute atomic E-state index is 0.141. The van der Waals surface area contributed by atoms with Crippen molar-refractivity contribution in [3.05, 3.63) is 262 Å². The van der Waals surface area contributed by atoms with Crippen LogP contribution in [-0.4, -0.2) is 0 Å². The van der Waals surface area contributed by atoms with Gasteiger partial charge in [-0.3, -0.25) is 0 Å². The lowest BCUT2D eigenvalue weighted by Crippen LogP contribution is -2.31. The van der Waals surface area contributed by atoms with Crippen molar-refractivity contribution >= 4 is 32.3 Å². The van der Waals surface area contributed by atoms with Crippen molar-refractivity contribution in [2.24, 2.45) is 0 Å². The molecule has 0 heteroatoms. The van der Waals surface area contributed by atoms with Crippen molar-refractivity contribution in [1.82, 2.24) is 0 Å². The Labute approximate surface area is 350 Å². The van der Waals surface area contributed by atoms with E-state index < -0.39 is 0 Å². The molecule has 2 atom stereocenters. The Morgan fingerprint density at radius 3 is 0.950 bits per heavy atom. The highest BCUT2D eigenvalue weighted by atomic mass is 14.6. The third kappa shape index (κ3) is 3.98. The van der Waals surface area contributed by atoms with Crippen LogP contribution in [0.15, 0.2) is 206 Å². The van der Waals surface area contributed by atoms with E-state index in [0.29, 0.717) is 0 Å². The zero-order valence-corrected chi connectivity index (χ0v) is 33.2. The number of hydrogen-bond acceptors (Lipinski definition) is 0. The minimum atomic E-state index is -0.216. The predicted octanol–water partition coefficient (Wildman–Crippen LogP) is 14.5. The molecule has 0 amide bonds. The van der Waals surface area contributed by atoms with E-state index in [1.807, 2.05) is 0 Å². The summed E-state index contributed by atoms with van der Waals surface area (Å²) in [6.45, 7) is 0. The molecule has 0 heterocycles. The highest BCUT2D eigenvalue weighted by Crippen LogP contribution is 2.65. The van der Waals surface area contributed by atoms with Crippen LogP contribution in [0.2, 0.25) is 0 Å². The quantitative estimate of drug-likeness (QED) is 0.154. The third-order valence-corrected chi connectivity index (χ3v) is 15.4. The second-order valence-corrected chi connectivity index (χ2v) is 17.9. The molecule has 0 saturated heterocycles. The van der Waals surface area contributed by atoms with Gasteiger partial charge in [-0.2, -0.15) is 0 Å². The molecule has 4 aliphatic rings. The lowest BCUT2D eigenvalue weighted by molar-refractivity contribution is 0.504. The van der Waals surface area contributed by atoms with Crippen LogP contribution < -0.4 is 0 Å². The van der Waals surface area contributed by atoms with Crippen molar-refractivity contribution in [2.45, 2.75) is 35.5 Å². The standard InChI is InChI=1S/C60H40/c1-3-19-39-37(17-1)35-59(53-29-13-9-25-45(53)46-26-10-14-30-54(46)59)57(39)51-33-49-42-22-6-8-24-44(42)52(34-50(49)41-21-5-7-23-43(41)51)58-40-20-4-2-18-38(40)36-60(58)55-31-15-11-27-47(55)48-28-12-16-32-56(48)60/h1-34,57-58H,35-36H2. The van der Waals surface area contributed by atoms with Crippen LogP contribution in [0.25, 0.3) is 54.6 Å². The highest BCUT2D eigenvalue weighted by Gasteiger charge is 2.56. The van der Waals surface area contributed by atoms with Gasteiger partial charge in [-0.25, -0.2) is 0 Å². The topological polar surface area (TPSA) is 0 Å². The van der Waals surface area contributed by atoms with Crippen LogP contribution in [-0.2, 0) is 23.7 Å². The van der Waals surface area contributed by atoms with Gasteiger partial charge in [0.1, 0.15) is 0 Å². The summed E-state index contributed by atoms with van der Waals surface area (Å²) < 4.78 is 0. The van der Waals surface area contributed by atoms with Gasteiger partial charge in [-0.05, 0) is 135 Å². The largest absolute Gasteiger partial charge is 0.0620 e. The Hall–Kier alpha value is -7.02. The van der Waals surface area contributed by atoms with E-state index in [4.69, 9.17) is 0 Å². The predicted molar refractivity (Wildman–Crippen MR) is 248 cm³/mol. The normalized spacial score (nSPS) is 18.1. The Morgan fingerprint density at radius 2 is 0.567 bits per heavy atom. The van der Waals surface area contributed by atoms with Crippen molar-refractivity contribution in [3.8, 4) is 22.3 Å². The Bertz CT molecular complexity index is 3150. The molecule has 2 spiro atoms. The van der Waals surface area contributed by atoms with Crippen LogP contribution in [0, 0.1) is 0 Å². The molecular formula is C60H40. The smallest absolute Gasteiger partial charge is 0.0364 e. The second-order valence-electron chi connectivity index (χ2n) is 17.9. The van der Waals surface area contributed by atoms with Gasteiger partial charge in [0.2, 0.25) is 0 Å². The fourth-order valence-electron chi connectivity index (χ4n) is 13.4. The first-order valence-corrected chi connectivity index (χ1v) is 21.7. The van der Waals surface area contributed by atoms with Crippen LogP contribution >= 0.6 is 0 Å². The van der Waals surface area contributed by atoms with E-state index in [2.05, 4.69) is 206 Å². The zero-order chi connectivity index (χ0) is 39.2. The molecule has 0 aromatic heterocycles. The van der Waals surface area contributed by atoms with E-state index in [9.17, 15) is 0 Å². The number of benzene rings is 10. The highest BCUT2D eigenvalue weighted by molar-refractivity contribution is 6.19. The average molecular weight is 761 g/mol. The van der Waals surface area contributed by atoms with Gasteiger partial charge in [0.15, 0.2) is 0 Å². The summed E-state index contributed by atoms with van der Waals surface area (Å²) in [5, 5.41) is 8.07. The average Bonchev–Trinajstić information content (AvgIpc) is 4.02. The van der Waals surface area contributed by atoms with Gasteiger partial charge in [0.05, 0.1) is 0 Å². The number of hydrogen-bond donors (Lipinski definition) is 0. The molecule has 10 aromatic rings. The first-order chi connectivity index (χ1) is 29.8. The molecule has 0 fully saturated rings. The first kappa shape index (κ1) is 32.9. The molecular weight excluding hydrogens is 721 g/mol. The molecule has 4 aliphatic carbocycles. The fourth-order valence-corrected chi connectivity index (χ4v) is 13.4. The number of fused-ring (bicyclic) bond motifs is 17. The van der Waals surface area contributed by atoms with Crippen LogP contribution in [0.3, 0.4) is 0 Å². The van der Waals surface area contributed by atoms with Crippen LogP contribution in [0.4, 0.5) is 0 Å². The molecule has 0 radical (unpaired) electrons. The molecule has 14 rings (SSSR count). The summed E-state index contributed by atoms with van der Waals surface area (Å²) in [6, 6.07) is 79.6. The van der Waals surface area contributed by atoms with Crippen LogP contribution in [0.1, 0.15) is 67.5 Å². The number of rotatable bonds is 2. The lowest BCUT2D eigenvalue weighted by atomic mass is 9.65. The minimum Gasteiger partial charge on any atom is -0.0620 e. The molecule has 0 saturated carbocycles. The molecule has 0 aliphatic heterocycles. The maximum Gasteiger partial charge on any atom is 0.0364 e. The van der Waals surface area contributed by atoms with Crippen molar-refractivity contribution in [3.63, 3.8) is 0 Å². The Balaban J connectivity index is 1.09. The Morgan fingerprint density at radius 1 is 0.267 bits per heavy atom. The molecule has 10 aromatic carbocycles. The van der Waals surface area contributed by atoms with Gasteiger partial charge < -0.3 is 0 Å². The molecule has 2 unspecified atom stereocenters. The monoisotopic (exact) mass is 760 g/mol. The summed E-state index contributed by atoms with van der Waals surface area (Å²) in [5.41, 5.74) is 19.6.